The van der Waals surface area contributed by atoms with E-state index in [1.807, 2.05) is 10.6 Å². The molecule has 0 fully saturated rings. The molecule has 2 amide bonds. The lowest BCUT2D eigenvalue weighted by Gasteiger charge is -2.01. The first-order valence-corrected chi connectivity index (χ1v) is 7.08. The van der Waals surface area contributed by atoms with Crippen LogP contribution in [0.3, 0.4) is 0 Å². The van der Waals surface area contributed by atoms with Crippen molar-refractivity contribution < 1.29 is 9.59 Å². The first-order valence-electron chi connectivity index (χ1n) is 6.70. The summed E-state index contributed by atoms with van der Waals surface area (Å²) in [6.07, 6.45) is 4.52. The van der Waals surface area contributed by atoms with Crippen LogP contribution in [0.1, 0.15) is 18.4 Å². The average Bonchev–Trinajstić information content (AvgIpc) is 2.98. The number of unbranched alkanes of at least 4 members (excludes halogenated alkanes) is 1. The van der Waals surface area contributed by atoms with Crippen molar-refractivity contribution in [2.24, 2.45) is 0 Å². The normalized spacial score (nSPS) is 14.5. The smallest absolute Gasteiger partial charge is 0.270 e. The highest BCUT2D eigenvalue weighted by molar-refractivity contribution is 6.55. The number of nitrogens with zero attached hydrogens (tertiary/aromatic N) is 3. The summed E-state index contributed by atoms with van der Waals surface area (Å²) in [6, 6.07) is 5.68. The Hall–Kier alpha value is -2.65. The molecule has 0 radical (unpaired) electrons. The maximum Gasteiger partial charge on any atom is 0.270 e. The Morgan fingerprint density at radius 3 is 2.86 bits per heavy atom. The number of pyridine rings is 1. The van der Waals surface area contributed by atoms with Crippen LogP contribution in [0.5, 0.6) is 0 Å². The highest BCUT2D eigenvalue weighted by Gasteiger charge is 2.32. The summed E-state index contributed by atoms with van der Waals surface area (Å²) in [5, 5.41) is 11.5. The van der Waals surface area contributed by atoms with Gasteiger partial charge in [-0.05, 0) is 18.6 Å². The zero-order valence-corrected chi connectivity index (χ0v) is 12.2. The number of nitrogens with one attached hydrogen (secondary N) is 1. The summed E-state index contributed by atoms with van der Waals surface area (Å²) in [5.41, 5.74) is 1.44. The first-order chi connectivity index (χ1) is 10.6. The van der Waals surface area contributed by atoms with Crippen molar-refractivity contribution in [2.75, 3.05) is 0 Å². The Bertz CT molecular complexity index is 860. The van der Waals surface area contributed by atoms with E-state index in [1.165, 1.54) is 0 Å². The van der Waals surface area contributed by atoms with E-state index in [2.05, 4.69) is 16.4 Å². The summed E-state index contributed by atoms with van der Waals surface area (Å²) in [6.45, 7) is 0.599. The molecule has 0 unspecified atom stereocenters. The fourth-order valence-electron chi connectivity index (χ4n) is 2.49. The Morgan fingerprint density at radius 2 is 2.18 bits per heavy atom. The van der Waals surface area contributed by atoms with Crippen molar-refractivity contribution in [3.63, 3.8) is 0 Å². The molecule has 0 atom stereocenters. The summed E-state index contributed by atoms with van der Waals surface area (Å²) < 4.78 is 1.87. The minimum atomic E-state index is -0.587. The number of hydrogen-bond donors (Lipinski definition) is 1. The van der Waals surface area contributed by atoms with Gasteiger partial charge < -0.3 is 4.57 Å². The predicted octanol–water partition coefficient (Wildman–Crippen LogP) is 1.95. The van der Waals surface area contributed by atoms with E-state index in [0.717, 1.165) is 5.39 Å². The van der Waals surface area contributed by atoms with Crippen LogP contribution in [-0.2, 0) is 16.1 Å². The van der Waals surface area contributed by atoms with Gasteiger partial charge in [-0.1, -0.05) is 11.6 Å². The molecule has 0 saturated heterocycles. The number of hydrogen-bond acceptors (Lipinski definition) is 4. The lowest BCUT2D eigenvalue weighted by atomic mass is 10.1. The van der Waals surface area contributed by atoms with E-state index in [1.54, 1.807) is 18.5 Å². The Kier molecular flexibility index (Phi) is 3.65. The number of rotatable bonds is 4. The van der Waals surface area contributed by atoms with Gasteiger partial charge in [-0.25, -0.2) is 4.98 Å². The molecular weight excluding hydrogens is 304 g/mol. The summed E-state index contributed by atoms with van der Waals surface area (Å²) in [7, 11) is 0. The van der Waals surface area contributed by atoms with Gasteiger partial charge in [-0.3, -0.25) is 14.9 Å². The van der Waals surface area contributed by atoms with Crippen molar-refractivity contribution in [3.8, 4) is 6.07 Å². The monoisotopic (exact) mass is 314 g/mol. The second-order valence-corrected chi connectivity index (χ2v) is 5.22. The molecule has 2 aromatic rings. The molecule has 2 aromatic heterocycles. The molecule has 6 nitrogen and oxygen atoms in total. The molecular formula is C15H11ClN4O2. The van der Waals surface area contributed by atoms with Gasteiger partial charge in [-0.2, -0.15) is 5.26 Å². The molecule has 0 saturated carbocycles. The molecule has 0 aromatic carbocycles. The van der Waals surface area contributed by atoms with Gasteiger partial charge in [0.2, 0.25) is 0 Å². The Morgan fingerprint density at radius 1 is 1.36 bits per heavy atom. The molecule has 1 N–H and O–H groups in total. The Labute approximate surface area is 131 Å². The van der Waals surface area contributed by atoms with Gasteiger partial charge in [-0.15, -0.1) is 0 Å². The first kappa shape index (κ1) is 14.3. The zero-order valence-electron chi connectivity index (χ0n) is 11.5. The highest BCUT2D eigenvalue weighted by Crippen LogP contribution is 2.32. The standard InChI is InChI=1S/C15H11ClN4O2/c16-12-11(14(21)19-15(12)22)10-8-20(7-2-1-5-17)13-9(10)4-3-6-18-13/h3-4,6,8H,1-2,7H2,(H,19,21,22). The van der Waals surface area contributed by atoms with Gasteiger partial charge >= 0.3 is 0 Å². The number of imide groups is 1. The number of aryl methyl sites for hydroxylation is 1. The number of fused-ring (bicyclic) bond motifs is 1. The van der Waals surface area contributed by atoms with E-state index < -0.39 is 11.8 Å². The quantitative estimate of drug-likeness (QED) is 0.690. The van der Waals surface area contributed by atoms with E-state index in [9.17, 15) is 9.59 Å². The maximum absolute atomic E-state index is 12.0. The van der Waals surface area contributed by atoms with E-state index in [0.29, 0.717) is 30.6 Å². The second-order valence-electron chi connectivity index (χ2n) is 4.84. The van der Waals surface area contributed by atoms with Crippen molar-refractivity contribution in [1.82, 2.24) is 14.9 Å². The van der Waals surface area contributed by atoms with E-state index in [-0.39, 0.29) is 10.6 Å². The topological polar surface area (TPSA) is 87.8 Å². The third-order valence-corrected chi connectivity index (χ3v) is 3.82. The van der Waals surface area contributed by atoms with Gasteiger partial charge in [0.15, 0.2) is 0 Å². The van der Waals surface area contributed by atoms with E-state index >= 15 is 0 Å². The van der Waals surface area contributed by atoms with Crippen molar-refractivity contribution >= 4 is 40.0 Å². The van der Waals surface area contributed by atoms with Crippen molar-refractivity contribution in [3.05, 3.63) is 35.1 Å². The highest BCUT2D eigenvalue weighted by atomic mass is 35.5. The number of nitriles is 1. The summed E-state index contributed by atoms with van der Waals surface area (Å²) in [5.74, 6) is -1.09. The minimum Gasteiger partial charge on any atom is -0.332 e. The summed E-state index contributed by atoms with van der Waals surface area (Å²) >= 11 is 5.97. The largest absolute Gasteiger partial charge is 0.332 e. The van der Waals surface area contributed by atoms with Gasteiger partial charge in [0.25, 0.3) is 11.8 Å². The van der Waals surface area contributed by atoms with Crippen molar-refractivity contribution in [2.45, 2.75) is 19.4 Å². The van der Waals surface area contributed by atoms with Gasteiger partial charge in [0, 0.05) is 36.3 Å². The number of halogens is 1. The molecule has 3 rings (SSSR count). The summed E-state index contributed by atoms with van der Waals surface area (Å²) in [4.78, 5) is 27.8. The van der Waals surface area contributed by atoms with E-state index in [4.69, 9.17) is 16.9 Å². The SMILES string of the molecule is N#CCCCn1cc(C2=C(Cl)C(=O)NC2=O)c2cccnc21. The second kappa shape index (κ2) is 5.62. The van der Waals surface area contributed by atoms with Crippen LogP contribution in [0.15, 0.2) is 29.6 Å². The predicted molar refractivity (Wildman–Crippen MR) is 80.5 cm³/mol. The van der Waals surface area contributed by atoms with Crippen LogP contribution in [0.4, 0.5) is 0 Å². The third-order valence-electron chi connectivity index (χ3n) is 3.46. The molecule has 0 aliphatic carbocycles. The molecule has 7 heteroatoms. The number of carbonyl (C=O) groups excluding carboxylic acids is 2. The van der Waals surface area contributed by atoms with Crippen LogP contribution in [0, 0.1) is 11.3 Å². The fraction of sp³-hybridized carbons (Fsp3) is 0.200. The van der Waals surface area contributed by atoms with Gasteiger partial charge in [0.1, 0.15) is 10.7 Å². The average molecular weight is 315 g/mol. The van der Waals surface area contributed by atoms with Crippen LogP contribution in [0.2, 0.25) is 0 Å². The van der Waals surface area contributed by atoms with Crippen LogP contribution in [-0.4, -0.2) is 21.4 Å². The molecule has 110 valence electrons. The van der Waals surface area contributed by atoms with Gasteiger partial charge in [0.05, 0.1) is 11.6 Å². The number of carbonyl (C=O) groups is 2. The number of amides is 2. The molecule has 1 aliphatic heterocycles. The molecule has 22 heavy (non-hydrogen) atoms. The van der Waals surface area contributed by atoms with Crippen LogP contribution < -0.4 is 5.32 Å². The fourth-order valence-corrected chi connectivity index (χ4v) is 2.73. The molecule has 1 aliphatic rings. The maximum atomic E-state index is 12.0. The molecule has 0 spiro atoms. The van der Waals surface area contributed by atoms with Crippen LogP contribution >= 0.6 is 11.6 Å². The lowest BCUT2D eigenvalue weighted by Crippen LogP contribution is -2.22. The Balaban J connectivity index is 2.13. The third kappa shape index (κ3) is 2.26. The lowest BCUT2D eigenvalue weighted by molar-refractivity contribution is -0.123. The molecule has 0 bridgehead atoms. The van der Waals surface area contributed by atoms with Crippen LogP contribution in [0.25, 0.3) is 16.6 Å². The zero-order chi connectivity index (χ0) is 15.7. The minimum absolute atomic E-state index is 0.107. The van der Waals surface area contributed by atoms with Crippen molar-refractivity contribution in [1.29, 1.82) is 5.26 Å². The number of aromatic nitrogens is 2. The molecule has 3 heterocycles.